The number of alkyl halides is 1. The summed E-state index contributed by atoms with van der Waals surface area (Å²) in [6.07, 6.45) is 3.59. The Balaban J connectivity index is 3.06. The molecule has 2 nitrogen and oxygen atoms in total. The maximum Gasteiger partial charge on any atom is 0.0991 e. The molecule has 0 aliphatic rings. The Morgan fingerprint density at radius 3 is 2.92 bits per heavy atom. The summed E-state index contributed by atoms with van der Waals surface area (Å²) in [6.45, 7) is 0. The van der Waals surface area contributed by atoms with E-state index in [1.807, 2.05) is 12.1 Å². The number of nitrogens with two attached hydrogens (primary N) is 1. The van der Waals surface area contributed by atoms with Gasteiger partial charge in [-0.2, -0.15) is 5.26 Å². The monoisotopic (exact) mass is 192 g/mol. The zero-order valence-corrected chi connectivity index (χ0v) is 7.75. The standard InChI is InChI=1S/C10H9ClN2/c11-5-1-2-9-6-8(7-12)3-4-10(9)13/h1-4,6H,5,13H2. The van der Waals surface area contributed by atoms with E-state index in [0.717, 1.165) is 5.56 Å². The predicted molar refractivity (Wildman–Crippen MR) is 55.3 cm³/mol. The third-order valence-electron chi connectivity index (χ3n) is 1.60. The third-order valence-corrected chi connectivity index (χ3v) is 1.78. The van der Waals surface area contributed by atoms with Crippen molar-refractivity contribution in [2.24, 2.45) is 0 Å². The van der Waals surface area contributed by atoms with Gasteiger partial charge in [0.15, 0.2) is 0 Å². The van der Waals surface area contributed by atoms with Crippen molar-refractivity contribution < 1.29 is 0 Å². The highest BCUT2D eigenvalue weighted by Crippen LogP contribution is 2.15. The lowest BCUT2D eigenvalue weighted by atomic mass is 10.1. The average molecular weight is 193 g/mol. The van der Waals surface area contributed by atoms with Gasteiger partial charge in [0.1, 0.15) is 0 Å². The van der Waals surface area contributed by atoms with Gasteiger partial charge in [0, 0.05) is 11.6 Å². The fraction of sp³-hybridized carbons (Fsp3) is 0.100. The molecule has 1 rings (SSSR count). The Hall–Kier alpha value is -1.46. The molecule has 0 aromatic heterocycles. The summed E-state index contributed by atoms with van der Waals surface area (Å²) in [4.78, 5) is 0. The zero-order chi connectivity index (χ0) is 9.68. The van der Waals surface area contributed by atoms with E-state index < -0.39 is 0 Å². The molecule has 2 N–H and O–H groups in total. The van der Waals surface area contributed by atoms with Gasteiger partial charge in [-0.1, -0.05) is 12.2 Å². The summed E-state index contributed by atoms with van der Waals surface area (Å²) in [5, 5.41) is 8.64. The molecule has 0 amide bonds. The van der Waals surface area contributed by atoms with Crippen LogP contribution in [0, 0.1) is 11.3 Å². The van der Waals surface area contributed by atoms with Crippen LogP contribution in [0.2, 0.25) is 0 Å². The van der Waals surface area contributed by atoms with Gasteiger partial charge in [-0.15, -0.1) is 11.6 Å². The van der Waals surface area contributed by atoms with Crippen LogP contribution in [0.5, 0.6) is 0 Å². The van der Waals surface area contributed by atoms with Crippen molar-refractivity contribution in [2.45, 2.75) is 0 Å². The van der Waals surface area contributed by atoms with Crippen molar-refractivity contribution in [1.82, 2.24) is 0 Å². The fourth-order valence-corrected chi connectivity index (χ4v) is 1.05. The maximum absolute atomic E-state index is 8.64. The molecule has 1 aromatic rings. The SMILES string of the molecule is N#Cc1ccc(N)c(C=CCCl)c1. The van der Waals surface area contributed by atoms with Gasteiger partial charge in [0.25, 0.3) is 0 Å². The van der Waals surface area contributed by atoms with Gasteiger partial charge in [0.05, 0.1) is 11.6 Å². The minimum Gasteiger partial charge on any atom is -0.398 e. The van der Waals surface area contributed by atoms with Crippen LogP contribution in [0.4, 0.5) is 5.69 Å². The molecule has 1 aromatic carbocycles. The molecule has 0 unspecified atom stereocenters. The molecule has 0 aliphatic carbocycles. The van der Waals surface area contributed by atoms with Crippen LogP contribution < -0.4 is 5.73 Å². The van der Waals surface area contributed by atoms with Crippen LogP contribution in [0.15, 0.2) is 24.3 Å². The Morgan fingerprint density at radius 2 is 2.31 bits per heavy atom. The highest BCUT2D eigenvalue weighted by atomic mass is 35.5. The van der Waals surface area contributed by atoms with Crippen molar-refractivity contribution in [3.05, 3.63) is 35.4 Å². The van der Waals surface area contributed by atoms with Crippen LogP contribution >= 0.6 is 11.6 Å². The van der Waals surface area contributed by atoms with Crippen molar-refractivity contribution in [2.75, 3.05) is 11.6 Å². The van der Waals surface area contributed by atoms with Crippen LogP contribution in [0.25, 0.3) is 6.08 Å². The van der Waals surface area contributed by atoms with Crippen molar-refractivity contribution in [3.63, 3.8) is 0 Å². The van der Waals surface area contributed by atoms with E-state index in [9.17, 15) is 0 Å². The molecule has 0 saturated carbocycles. The highest BCUT2D eigenvalue weighted by Gasteiger charge is 1.96. The first-order valence-electron chi connectivity index (χ1n) is 3.80. The van der Waals surface area contributed by atoms with E-state index in [1.165, 1.54) is 0 Å². The van der Waals surface area contributed by atoms with Gasteiger partial charge < -0.3 is 5.73 Å². The number of nitrogens with zero attached hydrogens (tertiary/aromatic N) is 1. The summed E-state index contributed by atoms with van der Waals surface area (Å²) in [5.41, 5.74) is 7.77. The minimum atomic E-state index is 0.441. The molecule has 0 radical (unpaired) electrons. The lowest BCUT2D eigenvalue weighted by Gasteiger charge is -1.99. The largest absolute Gasteiger partial charge is 0.398 e. The Bertz CT molecular complexity index is 364. The number of allylic oxidation sites excluding steroid dienone is 1. The van der Waals surface area contributed by atoms with Gasteiger partial charge in [-0.3, -0.25) is 0 Å². The van der Waals surface area contributed by atoms with Crippen LogP contribution in [0.3, 0.4) is 0 Å². The number of nitriles is 1. The van der Waals surface area contributed by atoms with Crippen LogP contribution in [-0.2, 0) is 0 Å². The topological polar surface area (TPSA) is 49.8 Å². The quantitative estimate of drug-likeness (QED) is 0.578. The van der Waals surface area contributed by atoms with Gasteiger partial charge in [-0.25, -0.2) is 0 Å². The smallest absolute Gasteiger partial charge is 0.0991 e. The number of anilines is 1. The van der Waals surface area contributed by atoms with Crippen molar-refractivity contribution >= 4 is 23.4 Å². The van der Waals surface area contributed by atoms with Crippen molar-refractivity contribution in [3.8, 4) is 6.07 Å². The number of hydrogen-bond acceptors (Lipinski definition) is 2. The first-order chi connectivity index (χ1) is 6.27. The predicted octanol–water partition coefficient (Wildman–Crippen LogP) is 2.39. The Labute approximate surface area is 82.2 Å². The zero-order valence-electron chi connectivity index (χ0n) is 7.00. The third kappa shape index (κ3) is 2.50. The first-order valence-corrected chi connectivity index (χ1v) is 4.33. The summed E-state index contributed by atoms with van der Waals surface area (Å²) in [5.74, 6) is 0.441. The number of hydrogen-bond donors (Lipinski definition) is 1. The fourth-order valence-electron chi connectivity index (χ4n) is 0.960. The number of rotatable bonds is 2. The Morgan fingerprint density at radius 1 is 1.54 bits per heavy atom. The van der Waals surface area contributed by atoms with E-state index >= 15 is 0 Å². The molecular weight excluding hydrogens is 184 g/mol. The van der Waals surface area contributed by atoms with Gasteiger partial charge >= 0.3 is 0 Å². The second-order valence-corrected chi connectivity index (χ2v) is 2.82. The molecule has 0 fully saturated rings. The van der Waals surface area contributed by atoms with E-state index in [4.69, 9.17) is 22.6 Å². The maximum atomic E-state index is 8.64. The second kappa shape index (κ2) is 4.54. The summed E-state index contributed by atoms with van der Waals surface area (Å²) in [7, 11) is 0. The number of benzene rings is 1. The molecule has 0 bridgehead atoms. The number of halogens is 1. The normalized spacial score (nSPS) is 10.2. The molecule has 0 atom stereocenters. The molecule has 66 valence electrons. The number of nitrogen functional groups attached to an aromatic ring is 1. The summed E-state index contributed by atoms with van der Waals surface area (Å²) < 4.78 is 0. The van der Waals surface area contributed by atoms with Crippen LogP contribution in [-0.4, -0.2) is 5.88 Å². The second-order valence-electron chi connectivity index (χ2n) is 2.51. The molecular formula is C10H9ClN2. The van der Waals surface area contributed by atoms with Crippen molar-refractivity contribution in [1.29, 1.82) is 5.26 Å². The Kier molecular flexibility index (Phi) is 3.36. The van der Waals surface area contributed by atoms with Gasteiger partial charge in [-0.05, 0) is 23.8 Å². The summed E-state index contributed by atoms with van der Waals surface area (Å²) in [6, 6.07) is 7.19. The van der Waals surface area contributed by atoms with E-state index in [-0.39, 0.29) is 0 Å². The molecule has 0 saturated heterocycles. The molecule has 0 heterocycles. The molecule has 13 heavy (non-hydrogen) atoms. The van der Waals surface area contributed by atoms with E-state index in [0.29, 0.717) is 17.1 Å². The van der Waals surface area contributed by atoms with E-state index in [1.54, 1.807) is 24.3 Å². The molecule has 0 aliphatic heterocycles. The van der Waals surface area contributed by atoms with Crippen LogP contribution in [0.1, 0.15) is 11.1 Å². The average Bonchev–Trinajstić information content (AvgIpc) is 2.17. The minimum absolute atomic E-state index is 0.441. The molecule has 0 spiro atoms. The molecule has 3 heteroatoms. The van der Waals surface area contributed by atoms with Gasteiger partial charge in [0.2, 0.25) is 0 Å². The van der Waals surface area contributed by atoms with E-state index in [2.05, 4.69) is 0 Å². The highest BCUT2D eigenvalue weighted by molar-refractivity contribution is 6.19. The lowest BCUT2D eigenvalue weighted by molar-refractivity contribution is 1.48. The lowest BCUT2D eigenvalue weighted by Crippen LogP contribution is -1.89. The first kappa shape index (κ1) is 9.63. The summed E-state index contributed by atoms with van der Waals surface area (Å²) >= 11 is 5.48.